The van der Waals surface area contributed by atoms with Crippen molar-refractivity contribution >= 4 is 11.6 Å². The van der Waals surface area contributed by atoms with E-state index in [0.717, 1.165) is 16.8 Å². The Hall–Kier alpha value is -4.05. The van der Waals surface area contributed by atoms with Crippen molar-refractivity contribution in [3.63, 3.8) is 0 Å². The molecule has 4 aromatic carbocycles. The van der Waals surface area contributed by atoms with E-state index in [4.69, 9.17) is 0 Å². The molecule has 1 amide bonds. The molecule has 0 aliphatic carbocycles. The van der Waals surface area contributed by atoms with E-state index in [0.29, 0.717) is 11.1 Å². The highest BCUT2D eigenvalue weighted by Crippen LogP contribution is 2.52. The molecule has 30 heavy (non-hydrogen) atoms. The summed E-state index contributed by atoms with van der Waals surface area (Å²) in [6.07, 6.45) is 0. The second-order valence-electron chi connectivity index (χ2n) is 7.30. The summed E-state index contributed by atoms with van der Waals surface area (Å²) < 4.78 is 0. The van der Waals surface area contributed by atoms with Crippen molar-refractivity contribution in [1.82, 2.24) is 0 Å². The Labute approximate surface area is 174 Å². The molecule has 2 N–H and O–H groups in total. The van der Waals surface area contributed by atoms with Gasteiger partial charge in [-0.2, -0.15) is 0 Å². The number of phenols is 2. The quantitative estimate of drug-likeness (QED) is 0.512. The molecule has 0 bridgehead atoms. The van der Waals surface area contributed by atoms with Crippen LogP contribution in [0.25, 0.3) is 0 Å². The lowest BCUT2D eigenvalue weighted by atomic mass is 9.76. The zero-order valence-corrected chi connectivity index (χ0v) is 16.1. The SMILES string of the molecule is O=C1c2ccccc2C(c2ccc(O)cc2)(c2ccccc2O)N1c1ccccc1. The van der Waals surface area contributed by atoms with E-state index in [9.17, 15) is 15.0 Å². The highest BCUT2D eigenvalue weighted by atomic mass is 16.3. The lowest BCUT2D eigenvalue weighted by Crippen LogP contribution is -2.46. The molecule has 0 saturated carbocycles. The van der Waals surface area contributed by atoms with E-state index in [1.807, 2.05) is 66.7 Å². The maximum Gasteiger partial charge on any atom is 0.260 e. The van der Waals surface area contributed by atoms with Gasteiger partial charge in [-0.25, -0.2) is 0 Å². The fourth-order valence-corrected chi connectivity index (χ4v) is 4.45. The van der Waals surface area contributed by atoms with Crippen LogP contribution in [0.15, 0.2) is 103 Å². The van der Waals surface area contributed by atoms with Crippen LogP contribution in [0.1, 0.15) is 27.0 Å². The average molecular weight is 393 g/mol. The summed E-state index contributed by atoms with van der Waals surface area (Å²) in [6, 6.07) is 30.8. The molecule has 4 aromatic rings. The third-order valence-electron chi connectivity index (χ3n) is 5.68. The summed E-state index contributed by atoms with van der Waals surface area (Å²) in [6.45, 7) is 0. The van der Waals surface area contributed by atoms with Gasteiger partial charge in [0.15, 0.2) is 0 Å². The molecule has 0 fully saturated rings. The Kier molecular flexibility index (Phi) is 4.07. The Balaban J connectivity index is 1.95. The molecule has 0 radical (unpaired) electrons. The normalized spacial score (nSPS) is 17.7. The Bertz CT molecular complexity index is 1230. The minimum atomic E-state index is -1.09. The van der Waals surface area contributed by atoms with Crippen molar-refractivity contribution in [2.45, 2.75) is 5.54 Å². The number of carbonyl (C=O) groups is 1. The first kappa shape index (κ1) is 18.0. The van der Waals surface area contributed by atoms with Crippen LogP contribution in [0, 0.1) is 0 Å². The maximum atomic E-state index is 13.7. The minimum absolute atomic E-state index is 0.0935. The van der Waals surface area contributed by atoms with Crippen LogP contribution < -0.4 is 4.90 Å². The number of nitrogens with zero attached hydrogens (tertiary/aromatic N) is 1. The topological polar surface area (TPSA) is 60.8 Å². The van der Waals surface area contributed by atoms with Gasteiger partial charge in [0.25, 0.3) is 5.91 Å². The number of carbonyl (C=O) groups excluding carboxylic acids is 1. The van der Waals surface area contributed by atoms with Crippen LogP contribution >= 0.6 is 0 Å². The molecule has 1 heterocycles. The Morgan fingerprint density at radius 2 is 1.23 bits per heavy atom. The summed E-state index contributed by atoms with van der Waals surface area (Å²) in [7, 11) is 0. The number of phenolic OH excluding ortho intramolecular Hbond substituents is 2. The van der Waals surface area contributed by atoms with E-state index in [-0.39, 0.29) is 17.4 Å². The number of hydrogen-bond donors (Lipinski definition) is 2. The van der Waals surface area contributed by atoms with Crippen LogP contribution in [-0.2, 0) is 5.54 Å². The van der Waals surface area contributed by atoms with Gasteiger partial charge in [-0.1, -0.05) is 66.7 Å². The Morgan fingerprint density at radius 3 is 1.93 bits per heavy atom. The van der Waals surface area contributed by atoms with Gasteiger partial charge in [-0.3, -0.25) is 9.69 Å². The number of hydrogen-bond acceptors (Lipinski definition) is 3. The van der Waals surface area contributed by atoms with Crippen molar-refractivity contribution < 1.29 is 15.0 Å². The first-order chi connectivity index (χ1) is 14.6. The van der Waals surface area contributed by atoms with Crippen LogP contribution in [0.4, 0.5) is 5.69 Å². The van der Waals surface area contributed by atoms with Crippen LogP contribution in [0.5, 0.6) is 11.5 Å². The summed E-state index contributed by atoms with van der Waals surface area (Å²) >= 11 is 0. The van der Waals surface area contributed by atoms with Gasteiger partial charge in [0.1, 0.15) is 17.0 Å². The van der Waals surface area contributed by atoms with Crippen LogP contribution in [0.3, 0.4) is 0 Å². The molecule has 0 aromatic heterocycles. The van der Waals surface area contributed by atoms with Crippen LogP contribution in [-0.4, -0.2) is 16.1 Å². The summed E-state index contributed by atoms with van der Waals surface area (Å²) in [5.74, 6) is 0.0826. The molecule has 1 atom stereocenters. The average Bonchev–Trinajstić information content (AvgIpc) is 3.05. The third kappa shape index (κ3) is 2.44. The molecule has 1 unspecified atom stereocenters. The number of aromatic hydroxyl groups is 2. The Morgan fingerprint density at radius 1 is 0.633 bits per heavy atom. The first-order valence-electron chi connectivity index (χ1n) is 9.71. The summed E-state index contributed by atoms with van der Waals surface area (Å²) in [5, 5.41) is 20.9. The number of amides is 1. The fraction of sp³-hybridized carbons (Fsp3) is 0.0385. The lowest BCUT2D eigenvalue weighted by Gasteiger charge is -2.40. The van der Waals surface area contributed by atoms with Crippen molar-refractivity contribution in [3.05, 3.63) is 125 Å². The maximum absolute atomic E-state index is 13.7. The molecule has 1 aliphatic heterocycles. The second-order valence-corrected chi connectivity index (χ2v) is 7.30. The number of anilines is 1. The van der Waals surface area contributed by atoms with Crippen LogP contribution in [0.2, 0.25) is 0 Å². The fourth-order valence-electron chi connectivity index (χ4n) is 4.45. The van der Waals surface area contributed by atoms with Gasteiger partial charge >= 0.3 is 0 Å². The molecule has 4 heteroatoms. The van der Waals surface area contributed by atoms with Crippen molar-refractivity contribution in [1.29, 1.82) is 0 Å². The highest BCUT2D eigenvalue weighted by molar-refractivity contribution is 6.14. The molecule has 5 rings (SSSR count). The number of fused-ring (bicyclic) bond motifs is 1. The van der Waals surface area contributed by atoms with Gasteiger partial charge in [0.2, 0.25) is 0 Å². The van der Waals surface area contributed by atoms with Gasteiger partial charge in [-0.15, -0.1) is 0 Å². The standard InChI is InChI=1S/C26H19NO3/c28-20-16-14-18(15-17-20)26(23-12-6-7-13-24(23)29)22-11-5-4-10-21(22)25(30)27(26)19-8-2-1-3-9-19/h1-17,28-29H. The summed E-state index contributed by atoms with van der Waals surface area (Å²) in [5.41, 5.74) is 2.36. The lowest BCUT2D eigenvalue weighted by molar-refractivity contribution is 0.0986. The van der Waals surface area contributed by atoms with Gasteiger partial charge < -0.3 is 10.2 Å². The smallest absolute Gasteiger partial charge is 0.260 e. The summed E-state index contributed by atoms with van der Waals surface area (Å²) in [4.78, 5) is 15.5. The van der Waals surface area contributed by atoms with Gasteiger partial charge in [0.05, 0.1) is 0 Å². The van der Waals surface area contributed by atoms with Crippen molar-refractivity contribution in [2.75, 3.05) is 4.90 Å². The number of benzene rings is 4. The van der Waals surface area contributed by atoms with Crippen molar-refractivity contribution in [2.24, 2.45) is 0 Å². The van der Waals surface area contributed by atoms with E-state index in [1.54, 1.807) is 41.3 Å². The molecule has 1 aliphatic rings. The number of para-hydroxylation sites is 2. The van der Waals surface area contributed by atoms with Crippen molar-refractivity contribution in [3.8, 4) is 11.5 Å². The molecule has 146 valence electrons. The zero-order chi connectivity index (χ0) is 20.7. The molecule has 4 nitrogen and oxygen atoms in total. The zero-order valence-electron chi connectivity index (χ0n) is 16.1. The van der Waals surface area contributed by atoms with Gasteiger partial charge in [-0.05, 0) is 42.0 Å². The monoisotopic (exact) mass is 393 g/mol. The van der Waals surface area contributed by atoms with E-state index >= 15 is 0 Å². The minimum Gasteiger partial charge on any atom is -0.508 e. The largest absolute Gasteiger partial charge is 0.508 e. The predicted molar refractivity (Wildman–Crippen MR) is 116 cm³/mol. The molecular formula is C26H19NO3. The molecular weight excluding hydrogens is 374 g/mol. The highest BCUT2D eigenvalue weighted by Gasteiger charge is 2.53. The van der Waals surface area contributed by atoms with E-state index in [1.165, 1.54) is 0 Å². The predicted octanol–water partition coefficient (Wildman–Crippen LogP) is 5.05. The molecule has 0 spiro atoms. The third-order valence-corrected chi connectivity index (χ3v) is 5.68. The second kappa shape index (κ2) is 6.78. The van der Waals surface area contributed by atoms with E-state index in [2.05, 4.69) is 0 Å². The number of rotatable bonds is 3. The first-order valence-corrected chi connectivity index (χ1v) is 9.71. The van der Waals surface area contributed by atoms with Gasteiger partial charge in [0, 0.05) is 22.4 Å². The van der Waals surface area contributed by atoms with E-state index < -0.39 is 5.54 Å². The molecule has 0 saturated heterocycles.